The molecule has 4 rings (SSSR count). The van der Waals surface area contributed by atoms with Crippen LogP contribution in [0.15, 0.2) is 42.5 Å². The van der Waals surface area contributed by atoms with Crippen molar-refractivity contribution in [2.75, 3.05) is 26.3 Å². The minimum atomic E-state index is -4.51. The molecule has 2 aromatic rings. The number of aliphatic hydroxyl groups is 1. The summed E-state index contributed by atoms with van der Waals surface area (Å²) in [5, 5.41) is 9.88. The number of benzene rings is 2. The number of likely N-dealkylation sites (tertiary alicyclic amines) is 1. The van der Waals surface area contributed by atoms with Crippen LogP contribution >= 0.6 is 11.6 Å². The summed E-state index contributed by atoms with van der Waals surface area (Å²) < 4.78 is 49.3. The molecule has 2 aliphatic heterocycles. The second-order valence-corrected chi connectivity index (χ2v) is 8.26. The number of nitrogens with zero attached hydrogens (tertiary/aromatic N) is 1. The van der Waals surface area contributed by atoms with Crippen molar-refractivity contribution in [3.63, 3.8) is 0 Å². The average molecular weight is 456 g/mol. The van der Waals surface area contributed by atoms with E-state index >= 15 is 0 Å². The van der Waals surface area contributed by atoms with Crippen molar-refractivity contribution >= 4 is 17.5 Å². The number of alkyl halides is 3. The van der Waals surface area contributed by atoms with Crippen molar-refractivity contribution in [2.24, 2.45) is 0 Å². The number of hydrogen-bond acceptors (Lipinski definition) is 4. The summed E-state index contributed by atoms with van der Waals surface area (Å²) in [5.41, 5.74) is -0.623. The number of rotatable bonds is 4. The van der Waals surface area contributed by atoms with Crippen molar-refractivity contribution in [3.8, 4) is 5.75 Å². The van der Waals surface area contributed by atoms with E-state index < -0.39 is 22.4 Å². The molecular weight excluding hydrogens is 435 g/mol. The van der Waals surface area contributed by atoms with E-state index in [2.05, 4.69) is 0 Å². The molecule has 2 fully saturated rings. The van der Waals surface area contributed by atoms with Gasteiger partial charge in [0.25, 0.3) is 5.91 Å². The number of amides is 1. The van der Waals surface area contributed by atoms with Crippen LogP contribution in [0.1, 0.15) is 34.3 Å². The molecule has 1 N–H and O–H groups in total. The number of carbonyl (C=O) groups excluding carboxylic acids is 1. The van der Waals surface area contributed by atoms with Crippen molar-refractivity contribution in [2.45, 2.75) is 30.7 Å². The van der Waals surface area contributed by atoms with Crippen molar-refractivity contribution in [1.82, 2.24) is 4.90 Å². The molecule has 0 aromatic heterocycles. The second-order valence-electron chi connectivity index (χ2n) is 7.85. The normalized spacial score (nSPS) is 19.1. The maximum Gasteiger partial charge on any atom is 0.417 e. The van der Waals surface area contributed by atoms with Crippen LogP contribution in [0.3, 0.4) is 0 Å². The first-order chi connectivity index (χ1) is 14.7. The van der Waals surface area contributed by atoms with E-state index in [1.54, 1.807) is 29.2 Å². The minimum Gasteiger partial charge on any atom is -0.490 e. The van der Waals surface area contributed by atoms with E-state index in [1.807, 2.05) is 0 Å². The lowest BCUT2D eigenvalue weighted by Gasteiger charge is -2.37. The quantitative estimate of drug-likeness (QED) is 0.748. The molecule has 0 atom stereocenters. The number of ether oxygens (including phenoxy) is 2. The van der Waals surface area contributed by atoms with Gasteiger partial charge in [0.05, 0.1) is 23.8 Å². The highest BCUT2D eigenvalue weighted by molar-refractivity contribution is 6.31. The smallest absolute Gasteiger partial charge is 0.417 e. The lowest BCUT2D eigenvalue weighted by molar-refractivity contribution is -0.184. The molecule has 5 nitrogen and oxygen atoms in total. The lowest BCUT2D eigenvalue weighted by atomic mass is 9.91. The van der Waals surface area contributed by atoms with Gasteiger partial charge in [0.1, 0.15) is 17.5 Å². The fraction of sp³-hybridized carbons (Fsp3) is 0.409. The Kier molecular flexibility index (Phi) is 5.89. The van der Waals surface area contributed by atoms with E-state index in [-0.39, 0.29) is 31.0 Å². The van der Waals surface area contributed by atoms with E-state index in [4.69, 9.17) is 21.1 Å². The van der Waals surface area contributed by atoms with Gasteiger partial charge in [-0.3, -0.25) is 4.79 Å². The van der Waals surface area contributed by atoms with Gasteiger partial charge in [-0.25, -0.2) is 0 Å². The largest absolute Gasteiger partial charge is 0.490 e. The summed E-state index contributed by atoms with van der Waals surface area (Å²) in [6.07, 6.45) is -3.62. The van der Waals surface area contributed by atoms with Gasteiger partial charge in [0, 0.05) is 31.5 Å². The Morgan fingerprint density at radius 1 is 1.13 bits per heavy atom. The fourth-order valence-electron chi connectivity index (χ4n) is 3.74. The molecule has 0 bridgehead atoms. The Labute approximate surface area is 182 Å². The molecule has 0 spiro atoms. The predicted octanol–water partition coefficient (Wildman–Crippen LogP) is 4.26. The van der Waals surface area contributed by atoms with Gasteiger partial charge in [-0.05, 0) is 35.9 Å². The zero-order chi connectivity index (χ0) is 22.2. The molecule has 2 saturated heterocycles. The Morgan fingerprint density at radius 3 is 2.29 bits per heavy atom. The van der Waals surface area contributed by atoms with Gasteiger partial charge < -0.3 is 19.5 Å². The molecule has 2 heterocycles. The Morgan fingerprint density at radius 2 is 1.77 bits per heavy atom. The van der Waals surface area contributed by atoms with Crippen LogP contribution in [0, 0.1) is 0 Å². The molecule has 0 radical (unpaired) electrons. The van der Waals surface area contributed by atoms with Gasteiger partial charge >= 0.3 is 6.18 Å². The van der Waals surface area contributed by atoms with Crippen LogP contribution in [-0.4, -0.2) is 48.3 Å². The monoisotopic (exact) mass is 455 g/mol. The number of carbonyl (C=O) groups is 1. The van der Waals surface area contributed by atoms with E-state index in [1.165, 1.54) is 12.1 Å². The molecule has 2 aromatic carbocycles. The van der Waals surface area contributed by atoms with Crippen LogP contribution in [0.25, 0.3) is 0 Å². The van der Waals surface area contributed by atoms with Crippen LogP contribution in [0.2, 0.25) is 5.02 Å². The van der Waals surface area contributed by atoms with Crippen molar-refractivity contribution in [3.05, 3.63) is 64.2 Å². The van der Waals surface area contributed by atoms with Crippen LogP contribution in [0.5, 0.6) is 5.75 Å². The van der Waals surface area contributed by atoms with Crippen molar-refractivity contribution in [1.29, 1.82) is 0 Å². The lowest BCUT2D eigenvalue weighted by Crippen LogP contribution is -2.46. The van der Waals surface area contributed by atoms with Crippen LogP contribution in [0.4, 0.5) is 13.2 Å². The second kappa shape index (κ2) is 8.33. The molecule has 31 heavy (non-hydrogen) atoms. The SMILES string of the molecule is O=C(c1ccc(C2(O)COC2)cc1)N1CCC(Oc2ccc(C(F)(F)F)c(Cl)c2)CC1. The first-order valence-electron chi connectivity index (χ1n) is 9.89. The highest BCUT2D eigenvalue weighted by Crippen LogP contribution is 2.37. The molecule has 166 valence electrons. The third-order valence-electron chi connectivity index (χ3n) is 5.63. The van der Waals surface area contributed by atoms with Gasteiger partial charge in [0.15, 0.2) is 0 Å². The minimum absolute atomic E-state index is 0.112. The van der Waals surface area contributed by atoms with Crippen LogP contribution in [-0.2, 0) is 16.5 Å². The molecule has 0 saturated carbocycles. The highest BCUT2D eigenvalue weighted by atomic mass is 35.5. The summed E-state index contributed by atoms with van der Waals surface area (Å²) in [6, 6.07) is 10.2. The summed E-state index contributed by atoms with van der Waals surface area (Å²) in [5.74, 6) is 0.163. The third-order valence-corrected chi connectivity index (χ3v) is 5.94. The van der Waals surface area contributed by atoms with Crippen molar-refractivity contribution < 1.29 is 32.5 Å². The van der Waals surface area contributed by atoms with Gasteiger partial charge in [-0.1, -0.05) is 23.7 Å². The third kappa shape index (κ3) is 4.66. The van der Waals surface area contributed by atoms with Gasteiger partial charge in [-0.15, -0.1) is 0 Å². The number of piperidine rings is 1. The molecule has 0 aliphatic carbocycles. The van der Waals surface area contributed by atoms with Crippen LogP contribution < -0.4 is 4.74 Å². The molecule has 9 heteroatoms. The van der Waals surface area contributed by atoms with E-state index in [0.717, 1.165) is 11.6 Å². The predicted molar refractivity (Wildman–Crippen MR) is 107 cm³/mol. The first-order valence-corrected chi connectivity index (χ1v) is 10.3. The standard InChI is InChI=1S/C22H21ClF3NO4/c23-19-11-17(5-6-18(19)22(24,25)26)31-16-7-9-27(10-8-16)20(28)14-1-3-15(4-2-14)21(29)12-30-13-21/h1-6,11,16,29H,7-10,12-13H2. The topological polar surface area (TPSA) is 59.0 Å². The maximum atomic E-state index is 12.8. The summed E-state index contributed by atoms with van der Waals surface area (Å²) in [7, 11) is 0. The average Bonchev–Trinajstić information content (AvgIpc) is 2.71. The number of halogens is 4. The van der Waals surface area contributed by atoms with E-state index in [0.29, 0.717) is 31.5 Å². The summed E-state index contributed by atoms with van der Waals surface area (Å²) in [4.78, 5) is 14.5. The Balaban J connectivity index is 1.32. The summed E-state index contributed by atoms with van der Waals surface area (Å²) in [6.45, 7) is 1.44. The maximum absolute atomic E-state index is 12.8. The van der Waals surface area contributed by atoms with E-state index in [9.17, 15) is 23.1 Å². The zero-order valence-corrected chi connectivity index (χ0v) is 17.2. The van der Waals surface area contributed by atoms with Gasteiger partial charge in [-0.2, -0.15) is 13.2 Å². The van der Waals surface area contributed by atoms with Gasteiger partial charge in [0.2, 0.25) is 0 Å². The fourth-order valence-corrected chi connectivity index (χ4v) is 4.01. The highest BCUT2D eigenvalue weighted by Gasteiger charge is 2.38. The zero-order valence-electron chi connectivity index (χ0n) is 16.5. The molecule has 0 unspecified atom stereocenters. The number of hydrogen-bond donors (Lipinski definition) is 1. The molecule has 1 amide bonds. The Bertz CT molecular complexity index is 952. The summed E-state index contributed by atoms with van der Waals surface area (Å²) >= 11 is 5.74. The Hall–Kier alpha value is -2.29. The molecule has 2 aliphatic rings. The molecular formula is C22H21ClF3NO4. The first kappa shape index (κ1) is 21.9.